The van der Waals surface area contributed by atoms with E-state index in [0.29, 0.717) is 11.5 Å². The lowest BCUT2D eigenvalue weighted by molar-refractivity contribution is 0.0727. The first-order valence-electron chi connectivity index (χ1n) is 6.03. The Hall–Kier alpha value is -0.0800. The Labute approximate surface area is 87.3 Å². The van der Waals surface area contributed by atoms with E-state index in [2.05, 4.69) is 18.7 Å². The monoisotopic (exact) mass is 197 g/mol. The van der Waals surface area contributed by atoms with Gasteiger partial charge < -0.3 is 10.0 Å². The van der Waals surface area contributed by atoms with Crippen LogP contribution in [0.4, 0.5) is 0 Å². The molecule has 1 saturated heterocycles. The molecule has 1 saturated carbocycles. The van der Waals surface area contributed by atoms with Gasteiger partial charge in [-0.3, -0.25) is 0 Å². The predicted molar refractivity (Wildman–Crippen MR) is 58.2 cm³/mol. The van der Waals surface area contributed by atoms with E-state index in [1.54, 1.807) is 0 Å². The van der Waals surface area contributed by atoms with Crippen molar-refractivity contribution in [3.8, 4) is 0 Å². The number of aliphatic hydroxyl groups is 1. The summed E-state index contributed by atoms with van der Waals surface area (Å²) in [5.74, 6) is 0. The van der Waals surface area contributed by atoms with Gasteiger partial charge >= 0.3 is 0 Å². The summed E-state index contributed by atoms with van der Waals surface area (Å²) in [6, 6.07) is 0.693. The number of nitrogens with zero attached hydrogens (tertiary/aromatic N) is 1. The maximum absolute atomic E-state index is 9.61. The first kappa shape index (κ1) is 10.4. The van der Waals surface area contributed by atoms with E-state index >= 15 is 0 Å². The van der Waals surface area contributed by atoms with Crippen LogP contribution in [0.15, 0.2) is 0 Å². The topological polar surface area (TPSA) is 23.5 Å². The van der Waals surface area contributed by atoms with E-state index in [1.807, 2.05) is 0 Å². The van der Waals surface area contributed by atoms with E-state index < -0.39 is 0 Å². The smallest absolute Gasteiger partial charge is 0.0545 e. The lowest BCUT2D eigenvalue weighted by Gasteiger charge is -2.41. The van der Waals surface area contributed by atoms with Crippen molar-refractivity contribution in [2.75, 3.05) is 13.1 Å². The van der Waals surface area contributed by atoms with Crippen molar-refractivity contribution < 1.29 is 5.11 Å². The average Bonchev–Trinajstić information content (AvgIpc) is 2.48. The van der Waals surface area contributed by atoms with Gasteiger partial charge in [-0.15, -0.1) is 0 Å². The maximum Gasteiger partial charge on any atom is 0.0545 e. The van der Waals surface area contributed by atoms with Gasteiger partial charge in [0.05, 0.1) is 6.10 Å². The minimum atomic E-state index is 0.000556. The zero-order chi connectivity index (χ0) is 10.2. The molecule has 0 aromatic rings. The molecule has 2 heteroatoms. The van der Waals surface area contributed by atoms with E-state index in [-0.39, 0.29) is 6.10 Å². The number of rotatable bonds is 1. The van der Waals surface area contributed by atoms with Crippen LogP contribution in [0, 0.1) is 5.41 Å². The largest absolute Gasteiger partial charge is 0.393 e. The Morgan fingerprint density at radius 3 is 2.29 bits per heavy atom. The summed E-state index contributed by atoms with van der Waals surface area (Å²) in [6.45, 7) is 7.04. The maximum atomic E-state index is 9.61. The van der Waals surface area contributed by atoms with Crippen LogP contribution in [-0.4, -0.2) is 35.2 Å². The second-order valence-electron chi connectivity index (χ2n) is 5.53. The molecule has 0 aromatic heterocycles. The van der Waals surface area contributed by atoms with Crippen LogP contribution in [0.2, 0.25) is 0 Å². The minimum absolute atomic E-state index is 0.000556. The fourth-order valence-corrected chi connectivity index (χ4v) is 3.15. The molecule has 14 heavy (non-hydrogen) atoms. The Morgan fingerprint density at radius 1 is 1.21 bits per heavy atom. The third-order valence-corrected chi connectivity index (χ3v) is 4.27. The lowest BCUT2D eigenvalue weighted by Crippen LogP contribution is -2.42. The second kappa shape index (κ2) is 3.82. The molecule has 1 atom stereocenters. The zero-order valence-electron chi connectivity index (χ0n) is 9.50. The van der Waals surface area contributed by atoms with Crippen molar-refractivity contribution >= 4 is 0 Å². The van der Waals surface area contributed by atoms with Crippen LogP contribution >= 0.6 is 0 Å². The molecule has 2 nitrogen and oxygen atoms in total. The van der Waals surface area contributed by atoms with Crippen LogP contribution < -0.4 is 0 Å². The van der Waals surface area contributed by atoms with Gasteiger partial charge in [-0.25, -0.2) is 0 Å². The highest BCUT2D eigenvalue weighted by Gasteiger charge is 2.40. The predicted octanol–water partition coefficient (Wildman–Crippen LogP) is 2.02. The van der Waals surface area contributed by atoms with Gasteiger partial charge in [-0.1, -0.05) is 0 Å². The molecule has 2 fully saturated rings. The molecule has 1 aliphatic carbocycles. The van der Waals surface area contributed by atoms with Crippen molar-refractivity contribution in [3.63, 3.8) is 0 Å². The molecule has 2 aliphatic rings. The van der Waals surface area contributed by atoms with Crippen molar-refractivity contribution in [1.82, 2.24) is 4.90 Å². The average molecular weight is 197 g/mol. The Morgan fingerprint density at radius 2 is 1.86 bits per heavy atom. The first-order valence-corrected chi connectivity index (χ1v) is 6.03. The summed E-state index contributed by atoms with van der Waals surface area (Å²) >= 11 is 0. The standard InChI is InChI=1S/C12H23NO/c1-10(2)13-7-5-12(6-8-13)4-3-11(14)9-12/h10-11,14H,3-9H2,1-2H3. The Bertz CT molecular complexity index is 194. The van der Waals surface area contributed by atoms with Gasteiger partial charge in [0, 0.05) is 6.04 Å². The highest BCUT2D eigenvalue weighted by Crippen LogP contribution is 2.46. The van der Waals surface area contributed by atoms with Crippen molar-refractivity contribution in [1.29, 1.82) is 0 Å². The molecule has 1 aliphatic heterocycles. The summed E-state index contributed by atoms with van der Waals surface area (Å²) in [7, 11) is 0. The molecule has 2 rings (SSSR count). The van der Waals surface area contributed by atoms with Crippen molar-refractivity contribution in [2.45, 2.75) is 58.1 Å². The van der Waals surface area contributed by atoms with Crippen LogP contribution in [0.3, 0.4) is 0 Å². The molecule has 0 radical (unpaired) electrons. The fourth-order valence-electron chi connectivity index (χ4n) is 3.15. The van der Waals surface area contributed by atoms with Gasteiger partial charge in [-0.2, -0.15) is 0 Å². The summed E-state index contributed by atoms with van der Waals surface area (Å²) in [6.07, 6.45) is 5.99. The minimum Gasteiger partial charge on any atom is -0.393 e. The molecule has 1 N–H and O–H groups in total. The summed E-state index contributed by atoms with van der Waals surface area (Å²) in [5.41, 5.74) is 0.519. The highest BCUT2D eigenvalue weighted by molar-refractivity contribution is 4.93. The Kier molecular flexibility index (Phi) is 2.85. The van der Waals surface area contributed by atoms with E-state index in [0.717, 1.165) is 12.8 Å². The van der Waals surface area contributed by atoms with Crippen LogP contribution in [0.25, 0.3) is 0 Å². The normalized spacial score (nSPS) is 33.0. The summed E-state index contributed by atoms with van der Waals surface area (Å²) in [5, 5.41) is 9.61. The molecule has 1 unspecified atom stereocenters. The van der Waals surface area contributed by atoms with Gasteiger partial charge in [0.25, 0.3) is 0 Å². The molecule has 0 amide bonds. The van der Waals surface area contributed by atoms with Crippen molar-refractivity contribution in [3.05, 3.63) is 0 Å². The van der Waals surface area contributed by atoms with E-state index in [4.69, 9.17) is 0 Å². The molecule has 0 aromatic carbocycles. The van der Waals surface area contributed by atoms with Gasteiger partial charge in [0.1, 0.15) is 0 Å². The van der Waals surface area contributed by atoms with E-state index in [1.165, 1.54) is 32.4 Å². The quantitative estimate of drug-likeness (QED) is 0.695. The van der Waals surface area contributed by atoms with Gasteiger partial charge in [0.2, 0.25) is 0 Å². The first-order chi connectivity index (χ1) is 6.61. The number of piperidine rings is 1. The number of hydrogen-bond donors (Lipinski definition) is 1. The Balaban J connectivity index is 1.89. The highest BCUT2D eigenvalue weighted by atomic mass is 16.3. The van der Waals surface area contributed by atoms with Crippen molar-refractivity contribution in [2.24, 2.45) is 5.41 Å². The molecular formula is C12H23NO. The molecular weight excluding hydrogens is 174 g/mol. The van der Waals surface area contributed by atoms with Gasteiger partial charge in [0.15, 0.2) is 0 Å². The molecule has 1 spiro atoms. The lowest BCUT2D eigenvalue weighted by atomic mass is 9.77. The number of aliphatic hydroxyl groups excluding tert-OH is 1. The second-order valence-corrected chi connectivity index (χ2v) is 5.53. The molecule has 1 heterocycles. The van der Waals surface area contributed by atoms with Crippen LogP contribution in [-0.2, 0) is 0 Å². The fraction of sp³-hybridized carbons (Fsp3) is 1.00. The summed E-state index contributed by atoms with van der Waals surface area (Å²) < 4.78 is 0. The molecule has 82 valence electrons. The van der Waals surface area contributed by atoms with Gasteiger partial charge in [-0.05, 0) is 64.5 Å². The zero-order valence-corrected chi connectivity index (χ0v) is 9.50. The SMILES string of the molecule is CC(C)N1CCC2(CCC(O)C2)CC1. The number of likely N-dealkylation sites (tertiary alicyclic amines) is 1. The third kappa shape index (κ3) is 1.96. The van der Waals surface area contributed by atoms with Crippen LogP contribution in [0.5, 0.6) is 0 Å². The molecule has 0 bridgehead atoms. The number of hydrogen-bond acceptors (Lipinski definition) is 2. The van der Waals surface area contributed by atoms with Crippen LogP contribution in [0.1, 0.15) is 46.0 Å². The summed E-state index contributed by atoms with van der Waals surface area (Å²) in [4.78, 5) is 2.57. The third-order valence-electron chi connectivity index (χ3n) is 4.27. The van der Waals surface area contributed by atoms with E-state index in [9.17, 15) is 5.11 Å².